The molecule has 0 saturated carbocycles. The summed E-state index contributed by atoms with van der Waals surface area (Å²) in [6.07, 6.45) is 1.32. The van der Waals surface area contributed by atoms with Crippen molar-refractivity contribution in [1.82, 2.24) is 20.0 Å². The number of carbonyl (C=O) groups excluding carboxylic acids is 4. The van der Waals surface area contributed by atoms with E-state index in [0.717, 1.165) is 0 Å². The van der Waals surface area contributed by atoms with E-state index in [0.29, 0.717) is 63.1 Å². The molecule has 1 atom stereocenters. The second kappa shape index (κ2) is 11.7. The van der Waals surface area contributed by atoms with Gasteiger partial charge in [0.2, 0.25) is 17.7 Å². The molecule has 2 aliphatic heterocycles. The summed E-state index contributed by atoms with van der Waals surface area (Å²) in [5, 5.41) is 5.53. The summed E-state index contributed by atoms with van der Waals surface area (Å²) >= 11 is 0. The highest BCUT2D eigenvalue weighted by molar-refractivity contribution is 5.97. The first-order valence-corrected chi connectivity index (χ1v) is 12.1. The van der Waals surface area contributed by atoms with Crippen LogP contribution in [0.3, 0.4) is 0 Å². The smallest absolute Gasteiger partial charge is 0.289 e. The van der Waals surface area contributed by atoms with Crippen LogP contribution in [0.2, 0.25) is 0 Å². The molecule has 11 nitrogen and oxygen atoms in total. The van der Waals surface area contributed by atoms with Crippen molar-refractivity contribution >= 4 is 29.3 Å². The lowest BCUT2D eigenvalue weighted by Crippen LogP contribution is -2.60. The van der Waals surface area contributed by atoms with Gasteiger partial charge in [0.1, 0.15) is 11.8 Å². The first kappa shape index (κ1) is 25.2. The Kier molecular flexibility index (Phi) is 8.21. The molecule has 4 amide bonds. The predicted molar refractivity (Wildman–Crippen MR) is 130 cm³/mol. The number of nitrogens with zero attached hydrogens (tertiary/aromatic N) is 3. The molecular formula is C25H31N5O6. The Labute approximate surface area is 209 Å². The molecule has 2 N–H and O–H groups in total. The molecule has 2 saturated heterocycles. The van der Waals surface area contributed by atoms with E-state index in [1.807, 2.05) is 11.8 Å². The van der Waals surface area contributed by atoms with Gasteiger partial charge in [0, 0.05) is 45.0 Å². The largest absolute Gasteiger partial charge is 0.494 e. The van der Waals surface area contributed by atoms with Crippen molar-refractivity contribution in [2.24, 2.45) is 0 Å². The van der Waals surface area contributed by atoms with Crippen LogP contribution >= 0.6 is 0 Å². The van der Waals surface area contributed by atoms with Crippen LogP contribution in [0.1, 0.15) is 23.9 Å². The number of anilines is 1. The Morgan fingerprint density at radius 3 is 2.50 bits per heavy atom. The van der Waals surface area contributed by atoms with E-state index in [1.54, 1.807) is 41.3 Å². The maximum Gasteiger partial charge on any atom is 0.289 e. The van der Waals surface area contributed by atoms with E-state index in [1.165, 1.54) is 11.2 Å². The normalized spacial score (nSPS) is 18.5. The molecule has 1 aromatic heterocycles. The Morgan fingerprint density at radius 2 is 1.83 bits per heavy atom. The van der Waals surface area contributed by atoms with Crippen LogP contribution in [0.5, 0.6) is 5.75 Å². The third kappa shape index (κ3) is 6.22. The fourth-order valence-corrected chi connectivity index (χ4v) is 4.35. The topological polar surface area (TPSA) is 124 Å². The molecule has 192 valence electrons. The molecule has 2 fully saturated rings. The van der Waals surface area contributed by atoms with Gasteiger partial charge in [0.05, 0.1) is 25.8 Å². The average molecular weight is 498 g/mol. The third-order valence-corrected chi connectivity index (χ3v) is 6.23. The number of rotatable bonds is 8. The molecule has 11 heteroatoms. The Hall–Kier alpha value is -3.86. The zero-order valence-electron chi connectivity index (χ0n) is 20.3. The minimum Gasteiger partial charge on any atom is -0.494 e. The van der Waals surface area contributed by atoms with Gasteiger partial charge < -0.3 is 29.6 Å². The molecule has 0 bridgehead atoms. The van der Waals surface area contributed by atoms with Crippen LogP contribution in [0.4, 0.5) is 5.69 Å². The van der Waals surface area contributed by atoms with E-state index >= 15 is 0 Å². The molecule has 0 radical (unpaired) electrons. The van der Waals surface area contributed by atoms with Gasteiger partial charge >= 0.3 is 0 Å². The molecule has 2 aromatic rings. The minimum atomic E-state index is -0.879. The Morgan fingerprint density at radius 1 is 1.08 bits per heavy atom. The number of nitrogens with one attached hydrogen (secondary N) is 2. The van der Waals surface area contributed by atoms with E-state index in [4.69, 9.17) is 9.15 Å². The lowest BCUT2D eigenvalue weighted by molar-refractivity contribution is -0.145. The molecule has 0 aliphatic carbocycles. The van der Waals surface area contributed by atoms with Crippen molar-refractivity contribution in [1.29, 1.82) is 0 Å². The Balaban J connectivity index is 1.30. The predicted octanol–water partition coefficient (Wildman–Crippen LogP) is 0.792. The lowest BCUT2D eigenvalue weighted by atomic mass is 10.1. The quantitative estimate of drug-likeness (QED) is 0.553. The monoisotopic (exact) mass is 497 g/mol. The molecule has 1 aromatic carbocycles. The number of ether oxygens (including phenoxy) is 1. The fraction of sp³-hybridized carbons (Fsp3) is 0.440. The second-order valence-electron chi connectivity index (χ2n) is 8.65. The number of piperazine rings is 2. The number of amides is 4. The van der Waals surface area contributed by atoms with Gasteiger partial charge in [0.15, 0.2) is 5.76 Å². The van der Waals surface area contributed by atoms with Crippen LogP contribution in [0, 0.1) is 0 Å². The summed E-state index contributed by atoms with van der Waals surface area (Å²) in [5.74, 6) is -0.0866. The number of hydrogen-bond acceptors (Lipinski definition) is 7. The number of hydrogen-bond donors (Lipinski definition) is 2. The van der Waals surface area contributed by atoms with Gasteiger partial charge in [0.25, 0.3) is 5.91 Å². The molecule has 3 heterocycles. The molecule has 2 aliphatic rings. The van der Waals surface area contributed by atoms with E-state index in [-0.39, 0.29) is 36.6 Å². The molecule has 36 heavy (non-hydrogen) atoms. The second-order valence-corrected chi connectivity index (χ2v) is 8.65. The number of carbonyl (C=O) groups is 4. The van der Waals surface area contributed by atoms with Crippen LogP contribution in [-0.2, 0) is 14.4 Å². The minimum absolute atomic E-state index is 0.118. The zero-order valence-corrected chi connectivity index (χ0v) is 20.3. The van der Waals surface area contributed by atoms with Crippen LogP contribution in [-0.4, -0.2) is 96.8 Å². The molecular weight excluding hydrogens is 466 g/mol. The number of furan rings is 1. The van der Waals surface area contributed by atoms with Gasteiger partial charge in [-0.2, -0.15) is 0 Å². The highest BCUT2D eigenvalue weighted by atomic mass is 16.5. The van der Waals surface area contributed by atoms with Crippen LogP contribution < -0.4 is 15.4 Å². The lowest BCUT2D eigenvalue weighted by Gasteiger charge is -2.38. The molecule has 0 spiro atoms. The Bertz CT molecular complexity index is 1060. The van der Waals surface area contributed by atoms with Crippen molar-refractivity contribution < 1.29 is 28.3 Å². The van der Waals surface area contributed by atoms with Gasteiger partial charge in [-0.3, -0.25) is 24.1 Å². The average Bonchev–Trinajstić information content (AvgIpc) is 3.42. The zero-order chi connectivity index (χ0) is 25.5. The van der Waals surface area contributed by atoms with Crippen molar-refractivity contribution in [2.75, 3.05) is 57.7 Å². The van der Waals surface area contributed by atoms with E-state index in [9.17, 15) is 19.2 Å². The van der Waals surface area contributed by atoms with Gasteiger partial charge in [-0.15, -0.1) is 0 Å². The summed E-state index contributed by atoms with van der Waals surface area (Å²) in [6.45, 7) is 5.24. The maximum atomic E-state index is 13.1. The SMILES string of the molecule is CCOc1ccc(NC(=O)C[C@H]2C(=O)NCCN2C(=O)CN2CCN(C(=O)c3ccco3)CC2)cc1. The molecule has 4 rings (SSSR count). The third-order valence-electron chi connectivity index (χ3n) is 6.23. The highest BCUT2D eigenvalue weighted by Gasteiger charge is 2.35. The maximum absolute atomic E-state index is 13.1. The van der Waals surface area contributed by atoms with E-state index < -0.39 is 6.04 Å². The van der Waals surface area contributed by atoms with Crippen LogP contribution in [0.25, 0.3) is 0 Å². The standard InChI is InChI=1S/C25H31N5O6/c1-2-35-19-7-5-18(6-8-19)27-22(31)16-20-24(33)26-9-10-30(20)23(32)17-28-11-13-29(14-12-28)25(34)21-4-3-15-36-21/h3-8,15,20H,2,9-14,16-17H2,1H3,(H,26,33)(H,27,31)/t20-/m0/s1. The van der Waals surface area contributed by atoms with Crippen molar-refractivity contribution in [3.63, 3.8) is 0 Å². The van der Waals surface area contributed by atoms with E-state index in [2.05, 4.69) is 10.6 Å². The van der Waals surface area contributed by atoms with Gasteiger partial charge in [-0.1, -0.05) is 0 Å². The van der Waals surface area contributed by atoms with Gasteiger partial charge in [-0.05, 0) is 43.3 Å². The molecule has 0 unspecified atom stereocenters. The fourth-order valence-electron chi connectivity index (χ4n) is 4.35. The first-order valence-electron chi connectivity index (χ1n) is 12.1. The van der Waals surface area contributed by atoms with Gasteiger partial charge in [-0.25, -0.2) is 0 Å². The van der Waals surface area contributed by atoms with Crippen molar-refractivity contribution in [3.05, 3.63) is 48.4 Å². The summed E-state index contributed by atoms with van der Waals surface area (Å²) in [5.41, 5.74) is 0.583. The summed E-state index contributed by atoms with van der Waals surface area (Å²) in [4.78, 5) is 56.0. The summed E-state index contributed by atoms with van der Waals surface area (Å²) in [7, 11) is 0. The summed E-state index contributed by atoms with van der Waals surface area (Å²) in [6, 6.07) is 9.38. The van der Waals surface area contributed by atoms with Crippen molar-refractivity contribution in [3.8, 4) is 5.75 Å². The van der Waals surface area contributed by atoms with Crippen molar-refractivity contribution in [2.45, 2.75) is 19.4 Å². The summed E-state index contributed by atoms with van der Waals surface area (Å²) < 4.78 is 10.6. The number of benzene rings is 1. The highest BCUT2D eigenvalue weighted by Crippen LogP contribution is 2.17. The van der Waals surface area contributed by atoms with Crippen LogP contribution in [0.15, 0.2) is 47.1 Å². The first-order chi connectivity index (χ1) is 17.4.